The first-order valence-corrected chi connectivity index (χ1v) is 6.81. The highest BCUT2D eigenvalue weighted by atomic mass is 32.1. The highest BCUT2D eigenvalue weighted by Gasteiger charge is 2.07. The lowest BCUT2D eigenvalue weighted by molar-refractivity contribution is 0.0601. The SMILES string of the molecule is CCCCCCCc1cc(C(=O)OC)cs1. The number of methoxy groups -OCH3 is 1. The fraction of sp³-hybridized carbons (Fsp3) is 0.615. The van der Waals surface area contributed by atoms with Crippen molar-refractivity contribution in [2.75, 3.05) is 7.11 Å². The fourth-order valence-corrected chi connectivity index (χ4v) is 2.54. The standard InChI is InChI=1S/C13H20O2S/c1-3-4-5-6-7-8-12-9-11(10-16-12)13(14)15-2/h9-10H,3-8H2,1-2H3. The Kier molecular flexibility index (Phi) is 6.16. The van der Waals surface area contributed by atoms with Gasteiger partial charge in [-0.25, -0.2) is 4.79 Å². The van der Waals surface area contributed by atoms with E-state index in [1.807, 2.05) is 11.4 Å². The number of esters is 1. The molecule has 0 amide bonds. The van der Waals surface area contributed by atoms with Gasteiger partial charge in [0, 0.05) is 10.3 Å². The van der Waals surface area contributed by atoms with Crippen LogP contribution in [-0.4, -0.2) is 13.1 Å². The van der Waals surface area contributed by atoms with Gasteiger partial charge in [-0.1, -0.05) is 32.6 Å². The van der Waals surface area contributed by atoms with Gasteiger partial charge in [0.2, 0.25) is 0 Å². The molecule has 1 rings (SSSR count). The van der Waals surface area contributed by atoms with Crippen LogP contribution in [0.2, 0.25) is 0 Å². The molecule has 1 aromatic heterocycles. The van der Waals surface area contributed by atoms with Gasteiger partial charge in [0.25, 0.3) is 0 Å². The zero-order chi connectivity index (χ0) is 11.8. The van der Waals surface area contributed by atoms with Crippen LogP contribution in [-0.2, 0) is 11.2 Å². The third-order valence-electron chi connectivity index (χ3n) is 2.60. The summed E-state index contributed by atoms with van der Waals surface area (Å²) in [6.45, 7) is 2.22. The minimum atomic E-state index is -0.228. The Balaban J connectivity index is 2.27. The summed E-state index contributed by atoms with van der Waals surface area (Å²) in [6.07, 6.45) is 7.54. The molecule has 1 aromatic rings. The molecule has 0 radical (unpaired) electrons. The van der Waals surface area contributed by atoms with Crippen molar-refractivity contribution in [1.29, 1.82) is 0 Å². The molecule has 0 saturated carbocycles. The maximum Gasteiger partial charge on any atom is 0.338 e. The molecule has 0 aliphatic rings. The smallest absolute Gasteiger partial charge is 0.338 e. The van der Waals surface area contributed by atoms with Crippen LogP contribution in [0, 0.1) is 0 Å². The second kappa shape index (κ2) is 7.44. The summed E-state index contributed by atoms with van der Waals surface area (Å²) in [5.41, 5.74) is 0.691. The van der Waals surface area contributed by atoms with Crippen molar-refractivity contribution in [1.82, 2.24) is 0 Å². The molecule has 0 atom stereocenters. The van der Waals surface area contributed by atoms with Gasteiger partial charge >= 0.3 is 5.97 Å². The number of carbonyl (C=O) groups excluding carboxylic acids is 1. The van der Waals surface area contributed by atoms with E-state index in [2.05, 4.69) is 11.7 Å². The fourth-order valence-electron chi connectivity index (χ4n) is 1.64. The zero-order valence-electron chi connectivity index (χ0n) is 10.1. The molecule has 0 aliphatic carbocycles. The van der Waals surface area contributed by atoms with E-state index in [-0.39, 0.29) is 5.97 Å². The number of carbonyl (C=O) groups is 1. The number of rotatable bonds is 7. The minimum Gasteiger partial charge on any atom is -0.465 e. The van der Waals surface area contributed by atoms with Crippen LogP contribution in [0.1, 0.15) is 54.3 Å². The zero-order valence-corrected chi connectivity index (χ0v) is 10.9. The normalized spacial score (nSPS) is 10.4. The maximum absolute atomic E-state index is 11.2. The predicted molar refractivity (Wildman–Crippen MR) is 68.1 cm³/mol. The summed E-state index contributed by atoms with van der Waals surface area (Å²) >= 11 is 1.66. The molecular formula is C13H20O2S. The first-order valence-electron chi connectivity index (χ1n) is 5.93. The van der Waals surface area contributed by atoms with E-state index in [9.17, 15) is 4.79 Å². The van der Waals surface area contributed by atoms with E-state index in [1.165, 1.54) is 44.1 Å². The quantitative estimate of drug-likeness (QED) is 0.531. The first kappa shape index (κ1) is 13.2. The first-order chi connectivity index (χ1) is 7.77. The Morgan fingerprint density at radius 1 is 1.31 bits per heavy atom. The molecule has 0 saturated heterocycles. The number of hydrogen-bond acceptors (Lipinski definition) is 3. The van der Waals surface area contributed by atoms with Gasteiger partial charge in [-0.05, 0) is 18.9 Å². The van der Waals surface area contributed by atoms with Crippen LogP contribution in [0.5, 0.6) is 0 Å². The second-order valence-electron chi connectivity index (χ2n) is 3.96. The number of aryl methyl sites for hydroxylation is 1. The number of hydrogen-bond donors (Lipinski definition) is 0. The summed E-state index contributed by atoms with van der Waals surface area (Å²) in [7, 11) is 1.42. The molecule has 16 heavy (non-hydrogen) atoms. The molecule has 90 valence electrons. The highest BCUT2D eigenvalue weighted by Crippen LogP contribution is 2.18. The number of thiophene rings is 1. The average Bonchev–Trinajstić information content (AvgIpc) is 2.76. The second-order valence-corrected chi connectivity index (χ2v) is 4.95. The van der Waals surface area contributed by atoms with Crippen LogP contribution >= 0.6 is 11.3 Å². The van der Waals surface area contributed by atoms with Crippen LogP contribution in [0.3, 0.4) is 0 Å². The number of ether oxygens (including phenoxy) is 1. The Morgan fingerprint density at radius 2 is 2.06 bits per heavy atom. The third kappa shape index (κ3) is 4.35. The molecule has 0 bridgehead atoms. The summed E-state index contributed by atoms with van der Waals surface area (Å²) in [4.78, 5) is 12.5. The topological polar surface area (TPSA) is 26.3 Å². The van der Waals surface area contributed by atoms with E-state index >= 15 is 0 Å². The largest absolute Gasteiger partial charge is 0.465 e. The van der Waals surface area contributed by atoms with Crippen molar-refractivity contribution in [3.05, 3.63) is 21.9 Å². The molecule has 0 unspecified atom stereocenters. The van der Waals surface area contributed by atoms with E-state index < -0.39 is 0 Å². The molecule has 0 fully saturated rings. The van der Waals surface area contributed by atoms with Crippen molar-refractivity contribution >= 4 is 17.3 Å². The number of unbranched alkanes of at least 4 members (excludes halogenated alkanes) is 4. The van der Waals surface area contributed by atoms with Crippen LogP contribution in [0.25, 0.3) is 0 Å². The Labute approximate surface area is 102 Å². The van der Waals surface area contributed by atoms with Gasteiger partial charge in [0.05, 0.1) is 12.7 Å². The monoisotopic (exact) mass is 240 g/mol. The van der Waals surface area contributed by atoms with Gasteiger partial charge in [-0.3, -0.25) is 0 Å². The molecular weight excluding hydrogens is 220 g/mol. The Hall–Kier alpha value is -0.830. The summed E-state index contributed by atoms with van der Waals surface area (Å²) in [5.74, 6) is -0.228. The van der Waals surface area contributed by atoms with Crippen LogP contribution in [0.15, 0.2) is 11.4 Å². The van der Waals surface area contributed by atoms with Gasteiger partial charge in [-0.2, -0.15) is 0 Å². The Bertz CT molecular complexity index is 317. The maximum atomic E-state index is 11.2. The average molecular weight is 240 g/mol. The van der Waals surface area contributed by atoms with Gasteiger partial charge in [0.15, 0.2) is 0 Å². The summed E-state index contributed by atoms with van der Waals surface area (Å²) in [5, 5.41) is 1.88. The van der Waals surface area contributed by atoms with Crippen molar-refractivity contribution in [2.24, 2.45) is 0 Å². The predicted octanol–water partition coefficient (Wildman–Crippen LogP) is 4.05. The van der Waals surface area contributed by atoms with E-state index in [1.54, 1.807) is 11.3 Å². The molecule has 3 heteroatoms. The molecule has 0 aliphatic heterocycles. The minimum absolute atomic E-state index is 0.228. The van der Waals surface area contributed by atoms with Gasteiger partial charge in [-0.15, -0.1) is 11.3 Å². The van der Waals surface area contributed by atoms with E-state index in [4.69, 9.17) is 0 Å². The summed E-state index contributed by atoms with van der Waals surface area (Å²) < 4.78 is 4.67. The van der Waals surface area contributed by atoms with Gasteiger partial charge < -0.3 is 4.74 Å². The van der Waals surface area contributed by atoms with Crippen molar-refractivity contribution in [3.63, 3.8) is 0 Å². The molecule has 2 nitrogen and oxygen atoms in total. The van der Waals surface area contributed by atoms with Gasteiger partial charge in [0.1, 0.15) is 0 Å². The van der Waals surface area contributed by atoms with Crippen molar-refractivity contribution in [3.8, 4) is 0 Å². The van der Waals surface area contributed by atoms with E-state index in [0.717, 1.165) is 6.42 Å². The molecule has 1 heterocycles. The lowest BCUT2D eigenvalue weighted by Gasteiger charge is -1.98. The van der Waals surface area contributed by atoms with Crippen LogP contribution < -0.4 is 0 Å². The molecule has 0 aromatic carbocycles. The summed E-state index contributed by atoms with van der Waals surface area (Å²) in [6, 6.07) is 1.95. The van der Waals surface area contributed by atoms with Crippen molar-refractivity contribution < 1.29 is 9.53 Å². The molecule has 0 spiro atoms. The Morgan fingerprint density at radius 3 is 2.75 bits per heavy atom. The highest BCUT2D eigenvalue weighted by molar-refractivity contribution is 7.10. The molecule has 0 N–H and O–H groups in total. The third-order valence-corrected chi connectivity index (χ3v) is 3.60. The van der Waals surface area contributed by atoms with Crippen molar-refractivity contribution in [2.45, 2.75) is 45.4 Å². The van der Waals surface area contributed by atoms with E-state index in [0.29, 0.717) is 5.56 Å². The lowest BCUT2D eigenvalue weighted by atomic mass is 10.1. The van der Waals surface area contributed by atoms with Crippen LogP contribution in [0.4, 0.5) is 0 Å². The lowest BCUT2D eigenvalue weighted by Crippen LogP contribution is -1.98.